The van der Waals surface area contributed by atoms with Gasteiger partial charge >= 0.3 is 0 Å². The van der Waals surface area contributed by atoms with Gasteiger partial charge in [0.1, 0.15) is 31.1 Å². The van der Waals surface area contributed by atoms with Gasteiger partial charge in [-0.1, -0.05) is 12.1 Å². The molecule has 0 bridgehead atoms. The van der Waals surface area contributed by atoms with Crippen LogP contribution in [0.5, 0.6) is 5.75 Å². The predicted octanol–water partition coefficient (Wildman–Crippen LogP) is 2.58. The average Bonchev–Trinajstić information content (AvgIpc) is 3.58. The first-order valence-corrected chi connectivity index (χ1v) is 10.3. The van der Waals surface area contributed by atoms with Gasteiger partial charge in [-0.25, -0.2) is 9.67 Å². The van der Waals surface area contributed by atoms with Gasteiger partial charge in [0, 0.05) is 18.3 Å². The molecule has 0 spiro atoms. The molecule has 2 aromatic heterocycles. The number of hydrogen-bond donors (Lipinski definition) is 1. The van der Waals surface area contributed by atoms with E-state index in [0.29, 0.717) is 31.9 Å². The minimum Gasteiger partial charge on any atom is -0.491 e. The summed E-state index contributed by atoms with van der Waals surface area (Å²) >= 11 is 0. The third-order valence-corrected chi connectivity index (χ3v) is 5.33. The van der Waals surface area contributed by atoms with Crippen LogP contribution in [0.2, 0.25) is 0 Å². The van der Waals surface area contributed by atoms with E-state index < -0.39 is 0 Å². The summed E-state index contributed by atoms with van der Waals surface area (Å²) < 4.78 is 13.4. The number of amides is 1. The van der Waals surface area contributed by atoms with E-state index >= 15 is 0 Å². The van der Waals surface area contributed by atoms with E-state index in [4.69, 9.17) is 9.47 Å². The lowest BCUT2D eigenvalue weighted by molar-refractivity contribution is -0.0401. The molecule has 162 valence electrons. The fourth-order valence-electron chi connectivity index (χ4n) is 3.62. The first kappa shape index (κ1) is 20.0. The quantitative estimate of drug-likeness (QED) is 0.505. The molecule has 5 rings (SSSR count). The smallest absolute Gasteiger partial charge is 0.254 e. The maximum atomic E-state index is 13.0. The summed E-state index contributed by atoms with van der Waals surface area (Å²) in [4.78, 5) is 18.7. The average molecular weight is 430 g/mol. The molecule has 1 atom stereocenters. The van der Waals surface area contributed by atoms with Crippen molar-refractivity contribution in [1.29, 1.82) is 0 Å². The van der Waals surface area contributed by atoms with Crippen molar-refractivity contribution in [2.24, 2.45) is 0 Å². The lowest BCUT2D eigenvalue weighted by Gasteiger charge is -2.33. The van der Waals surface area contributed by atoms with E-state index in [-0.39, 0.29) is 12.0 Å². The molecule has 3 heterocycles. The minimum absolute atomic E-state index is 0.00774. The number of rotatable bonds is 6. The molecule has 0 aliphatic carbocycles. The molecule has 32 heavy (non-hydrogen) atoms. The monoisotopic (exact) mass is 430 g/mol. The third kappa shape index (κ3) is 4.37. The Morgan fingerprint density at radius 3 is 2.69 bits per heavy atom. The van der Waals surface area contributed by atoms with Crippen LogP contribution in [0.3, 0.4) is 0 Å². The standard InChI is InChI=1S/C23H22N6O3/c30-23(18-3-1-17(2-4-18)22-9-10-25-27-22)28-11-12-31-21(13-28)14-32-20-7-5-19(6-8-20)29-16-24-15-26-29/h1-10,15-16,21H,11-14H2,(H,25,27). The number of hydrogen-bond acceptors (Lipinski definition) is 6. The fraction of sp³-hybridized carbons (Fsp3) is 0.217. The Balaban J connectivity index is 1.17. The molecule has 1 N–H and O–H groups in total. The van der Waals surface area contributed by atoms with E-state index in [2.05, 4.69) is 20.3 Å². The molecule has 9 heteroatoms. The van der Waals surface area contributed by atoms with Crippen molar-refractivity contribution in [2.75, 3.05) is 26.3 Å². The third-order valence-electron chi connectivity index (χ3n) is 5.33. The molecular formula is C23H22N6O3. The number of carbonyl (C=O) groups excluding carboxylic acids is 1. The largest absolute Gasteiger partial charge is 0.491 e. The Bertz CT molecular complexity index is 1140. The predicted molar refractivity (Wildman–Crippen MR) is 117 cm³/mol. The lowest BCUT2D eigenvalue weighted by Crippen LogP contribution is -2.47. The number of benzene rings is 2. The minimum atomic E-state index is -0.188. The van der Waals surface area contributed by atoms with Gasteiger partial charge in [-0.2, -0.15) is 10.2 Å². The highest BCUT2D eigenvalue weighted by atomic mass is 16.5. The number of H-pyrrole nitrogens is 1. The molecule has 1 unspecified atom stereocenters. The number of aromatic amines is 1. The molecular weight excluding hydrogens is 408 g/mol. The van der Waals surface area contributed by atoms with E-state index in [9.17, 15) is 4.79 Å². The summed E-state index contributed by atoms with van der Waals surface area (Å²) in [7, 11) is 0. The second-order valence-electron chi connectivity index (χ2n) is 7.44. The van der Waals surface area contributed by atoms with Crippen LogP contribution in [0.15, 0.2) is 73.4 Å². The summed E-state index contributed by atoms with van der Waals surface area (Å²) in [6.07, 6.45) is 4.65. The Kier molecular flexibility index (Phi) is 5.63. The van der Waals surface area contributed by atoms with E-state index in [1.807, 2.05) is 59.5 Å². The molecule has 9 nitrogen and oxygen atoms in total. The SMILES string of the molecule is O=C(c1ccc(-c2ccn[nH]2)cc1)N1CCOC(COc2ccc(-n3cncn3)cc2)C1. The number of nitrogens with one attached hydrogen (secondary N) is 1. The number of aromatic nitrogens is 5. The molecule has 1 amide bonds. The summed E-state index contributed by atoms with van der Waals surface area (Å²) in [5, 5.41) is 11.0. The van der Waals surface area contributed by atoms with Gasteiger partial charge in [-0.3, -0.25) is 9.89 Å². The van der Waals surface area contributed by atoms with Crippen LogP contribution >= 0.6 is 0 Å². The van der Waals surface area contributed by atoms with Crippen molar-refractivity contribution < 1.29 is 14.3 Å². The molecule has 1 aliphatic heterocycles. The van der Waals surface area contributed by atoms with Crippen LogP contribution in [0.25, 0.3) is 16.9 Å². The van der Waals surface area contributed by atoms with Crippen LogP contribution in [-0.2, 0) is 4.74 Å². The van der Waals surface area contributed by atoms with E-state index in [1.165, 1.54) is 6.33 Å². The Labute approximate surface area is 184 Å². The molecule has 2 aromatic carbocycles. The molecule has 4 aromatic rings. The van der Waals surface area contributed by atoms with Crippen molar-refractivity contribution in [3.05, 3.63) is 79.0 Å². The van der Waals surface area contributed by atoms with Gasteiger partial charge in [0.15, 0.2) is 0 Å². The number of nitrogens with zero attached hydrogens (tertiary/aromatic N) is 5. The molecule has 1 saturated heterocycles. The maximum absolute atomic E-state index is 13.0. The number of ether oxygens (including phenoxy) is 2. The summed E-state index contributed by atoms with van der Waals surface area (Å²) in [5.41, 5.74) is 3.46. The topological polar surface area (TPSA) is 98.2 Å². The van der Waals surface area contributed by atoms with Gasteiger partial charge in [0.25, 0.3) is 5.91 Å². The second-order valence-corrected chi connectivity index (χ2v) is 7.44. The summed E-state index contributed by atoms with van der Waals surface area (Å²) in [6.45, 7) is 1.89. The summed E-state index contributed by atoms with van der Waals surface area (Å²) in [6, 6.07) is 17.0. The van der Waals surface area contributed by atoms with Crippen molar-refractivity contribution in [2.45, 2.75) is 6.10 Å². The first-order valence-electron chi connectivity index (χ1n) is 10.3. The van der Waals surface area contributed by atoms with Gasteiger partial charge in [0.2, 0.25) is 0 Å². The Morgan fingerprint density at radius 2 is 1.97 bits per heavy atom. The normalized spacial score (nSPS) is 16.1. The fourth-order valence-corrected chi connectivity index (χ4v) is 3.62. The van der Waals surface area contributed by atoms with Crippen LogP contribution in [-0.4, -0.2) is 68.2 Å². The van der Waals surface area contributed by atoms with Crippen molar-refractivity contribution in [3.8, 4) is 22.7 Å². The van der Waals surface area contributed by atoms with E-state index in [1.54, 1.807) is 17.2 Å². The lowest BCUT2D eigenvalue weighted by atomic mass is 10.1. The molecule has 0 saturated carbocycles. The maximum Gasteiger partial charge on any atom is 0.254 e. The van der Waals surface area contributed by atoms with Crippen LogP contribution in [0.1, 0.15) is 10.4 Å². The highest BCUT2D eigenvalue weighted by Gasteiger charge is 2.25. The van der Waals surface area contributed by atoms with Crippen molar-refractivity contribution in [3.63, 3.8) is 0 Å². The Morgan fingerprint density at radius 1 is 1.12 bits per heavy atom. The second kappa shape index (κ2) is 9.03. The summed E-state index contributed by atoms with van der Waals surface area (Å²) in [5.74, 6) is 0.724. The van der Waals surface area contributed by atoms with Gasteiger partial charge in [0.05, 0.1) is 24.5 Å². The molecule has 1 aliphatic rings. The van der Waals surface area contributed by atoms with Gasteiger partial charge in [-0.05, 0) is 48.0 Å². The van der Waals surface area contributed by atoms with Crippen LogP contribution < -0.4 is 4.74 Å². The van der Waals surface area contributed by atoms with Crippen LogP contribution in [0, 0.1) is 0 Å². The molecule has 0 radical (unpaired) electrons. The molecule has 1 fully saturated rings. The Hall–Kier alpha value is -3.98. The zero-order valence-electron chi connectivity index (χ0n) is 17.3. The highest BCUT2D eigenvalue weighted by Crippen LogP contribution is 2.19. The number of carbonyl (C=O) groups is 1. The van der Waals surface area contributed by atoms with Gasteiger partial charge in [-0.15, -0.1) is 0 Å². The zero-order chi connectivity index (χ0) is 21.8. The van der Waals surface area contributed by atoms with Crippen molar-refractivity contribution >= 4 is 5.91 Å². The number of morpholine rings is 1. The van der Waals surface area contributed by atoms with Crippen LogP contribution in [0.4, 0.5) is 0 Å². The zero-order valence-corrected chi connectivity index (χ0v) is 17.3. The highest BCUT2D eigenvalue weighted by molar-refractivity contribution is 5.94. The first-order chi connectivity index (χ1) is 15.8. The van der Waals surface area contributed by atoms with Crippen molar-refractivity contribution in [1.82, 2.24) is 29.9 Å². The van der Waals surface area contributed by atoms with Gasteiger partial charge < -0.3 is 14.4 Å². The van der Waals surface area contributed by atoms with E-state index in [0.717, 1.165) is 22.7 Å².